The van der Waals surface area contributed by atoms with Gasteiger partial charge in [0.15, 0.2) is 11.5 Å². The number of nitrogens with one attached hydrogen (secondary N) is 2. The number of ether oxygens (including phenoxy) is 3. The Morgan fingerprint density at radius 2 is 2.12 bits per heavy atom. The maximum absolute atomic E-state index is 12.7. The van der Waals surface area contributed by atoms with Gasteiger partial charge in [-0.3, -0.25) is 14.9 Å². The summed E-state index contributed by atoms with van der Waals surface area (Å²) in [6.45, 7) is 4.16. The van der Waals surface area contributed by atoms with Gasteiger partial charge in [0.2, 0.25) is 0 Å². The van der Waals surface area contributed by atoms with Crippen molar-refractivity contribution in [3.63, 3.8) is 0 Å². The molecule has 26 heavy (non-hydrogen) atoms. The van der Waals surface area contributed by atoms with Gasteiger partial charge in [0.1, 0.15) is 12.2 Å². The van der Waals surface area contributed by atoms with Crippen LogP contribution in [0.1, 0.15) is 23.7 Å². The SMILES string of the molecule is COCCOc1cc([N+](=O)[O-])c(C(=O)NC2CCNCC2C)cc1OC. The Balaban J connectivity index is 2.27. The van der Waals surface area contributed by atoms with Gasteiger partial charge in [-0.25, -0.2) is 0 Å². The molecule has 2 unspecified atom stereocenters. The monoisotopic (exact) mass is 367 g/mol. The molecule has 0 bridgehead atoms. The van der Waals surface area contributed by atoms with E-state index in [0.29, 0.717) is 6.61 Å². The first-order valence-corrected chi connectivity index (χ1v) is 8.47. The van der Waals surface area contributed by atoms with Crippen LogP contribution in [0.3, 0.4) is 0 Å². The summed E-state index contributed by atoms with van der Waals surface area (Å²) in [6, 6.07) is 2.53. The molecular formula is C17H25N3O6. The number of hydrogen-bond donors (Lipinski definition) is 2. The van der Waals surface area contributed by atoms with Gasteiger partial charge >= 0.3 is 0 Å². The minimum Gasteiger partial charge on any atom is -0.493 e. The van der Waals surface area contributed by atoms with E-state index in [0.717, 1.165) is 19.5 Å². The summed E-state index contributed by atoms with van der Waals surface area (Å²) in [5.41, 5.74) is -0.367. The zero-order valence-corrected chi connectivity index (χ0v) is 15.2. The van der Waals surface area contributed by atoms with E-state index >= 15 is 0 Å². The molecule has 9 nitrogen and oxygen atoms in total. The molecule has 1 aromatic rings. The Morgan fingerprint density at radius 3 is 2.73 bits per heavy atom. The summed E-state index contributed by atoms with van der Waals surface area (Å²) in [6.07, 6.45) is 0.774. The lowest BCUT2D eigenvalue weighted by Crippen LogP contribution is -2.48. The van der Waals surface area contributed by atoms with E-state index < -0.39 is 10.8 Å². The minimum absolute atomic E-state index is 0.0352. The van der Waals surface area contributed by atoms with Crippen LogP contribution in [0.2, 0.25) is 0 Å². The predicted molar refractivity (Wildman–Crippen MR) is 94.9 cm³/mol. The van der Waals surface area contributed by atoms with Gasteiger partial charge in [0, 0.05) is 19.2 Å². The molecule has 1 amide bonds. The smallest absolute Gasteiger partial charge is 0.286 e. The highest BCUT2D eigenvalue weighted by Crippen LogP contribution is 2.35. The van der Waals surface area contributed by atoms with Crippen molar-refractivity contribution in [3.8, 4) is 11.5 Å². The van der Waals surface area contributed by atoms with E-state index in [9.17, 15) is 14.9 Å². The second-order valence-corrected chi connectivity index (χ2v) is 6.17. The molecule has 2 rings (SSSR count). The van der Waals surface area contributed by atoms with Crippen LogP contribution in [-0.4, -0.2) is 57.4 Å². The van der Waals surface area contributed by atoms with Crippen LogP contribution in [0.25, 0.3) is 0 Å². The van der Waals surface area contributed by atoms with E-state index in [1.165, 1.54) is 26.4 Å². The third kappa shape index (κ3) is 4.83. The Labute approximate surface area is 152 Å². The molecule has 1 heterocycles. The summed E-state index contributed by atoms with van der Waals surface area (Å²) in [5.74, 6) is 0.209. The minimum atomic E-state index is -0.594. The number of carbonyl (C=O) groups excluding carboxylic acids is 1. The molecule has 1 aliphatic rings. The first kappa shape index (κ1) is 19.9. The zero-order valence-electron chi connectivity index (χ0n) is 15.2. The van der Waals surface area contributed by atoms with Gasteiger partial charge < -0.3 is 24.8 Å². The normalized spacial score (nSPS) is 19.7. The lowest BCUT2D eigenvalue weighted by Gasteiger charge is -2.30. The number of carbonyl (C=O) groups is 1. The number of nitro groups is 1. The number of rotatable bonds is 8. The molecule has 0 spiro atoms. The maximum atomic E-state index is 12.7. The summed E-state index contributed by atoms with van der Waals surface area (Å²) in [4.78, 5) is 23.5. The highest BCUT2D eigenvalue weighted by atomic mass is 16.6. The van der Waals surface area contributed by atoms with E-state index in [2.05, 4.69) is 10.6 Å². The quantitative estimate of drug-likeness (QED) is 0.405. The Hall–Kier alpha value is -2.39. The standard InChI is InChI=1S/C17H25N3O6/c1-11-10-18-5-4-13(11)19-17(21)12-8-15(25-3)16(26-7-6-24-2)9-14(12)20(22)23/h8-9,11,13,18H,4-7,10H2,1-3H3,(H,19,21). The number of piperidine rings is 1. The van der Waals surface area contributed by atoms with Crippen molar-refractivity contribution in [1.82, 2.24) is 10.6 Å². The molecule has 0 aliphatic carbocycles. The Bertz CT molecular complexity index is 652. The molecular weight excluding hydrogens is 342 g/mol. The summed E-state index contributed by atoms with van der Waals surface area (Å²) >= 11 is 0. The zero-order chi connectivity index (χ0) is 19.1. The van der Waals surface area contributed by atoms with Crippen molar-refractivity contribution in [2.24, 2.45) is 5.92 Å². The number of nitro benzene ring substituents is 1. The molecule has 144 valence electrons. The molecule has 1 saturated heterocycles. The van der Waals surface area contributed by atoms with Gasteiger partial charge in [0.05, 0.1) is 24.7 Å². The van der Waals surface area contributed by atoms with Crippen LogP contribution in [-0.2, 0) is 4.74 Å². The topological polar surface area (TPSA) is 112 Å². The molecule has 0 aromatic heterocycles. The fourth-order valence-corrected chi connectivity index (χ4v) is 2.86. The van der Waals surface area contributed by atoms with Crippen LogP contribution in [0.4, 0.5) is 5.69 Å². The van der Waals surface area contributed by atoms with Crippen molar-refractivity contribution in [2.45, 2.75) is 19.4 Å². The van der Waals surface area contributed by atoms with Gasteiger partial charge in [-0.2, -0.15) is 0 Å². The largest absolute Gasteiger partial charge is 0.493 e. The second kappa shape index (κ2) is 9.35. The highest BCUT2D eigenvalue weighted by molar-refractivity contribution is 5.99. The molecule has 9 heteroatoms. The average Bonchev–Trinajstić information content (AvgIpc) is 2.63. The first-order chi connectivity index (χ1) is 12.5. The van der Waals surface area contributed by atoms with Crippen molar-refractivity contribution >= 4 is 11.6 Å². The third-order valence-electron chi connectivity index (χ3n) is 4.37. The third-order valence-corrected chi connectivity index (χ3v) is 4.37. The van der Waals surface area contributed by atoms with Crippen LogP contribution in [0.5, 0.6) is 11.5 Å². The van der Waals surface area contributed by atoms with Crippen molar-refractivity contribution < 1.29 is 23.9 Å². The van der Waals surface area contributed by atoms with Crippen LogP contribution < -0.4 is 20.1 Å². The Kier molecular flexibility index (Phi) is 7.16. The number of amides is 1. The van der Waals surface area contributed by atoms with Gasteiger partial charge in [0.25, 0.3) is 11.6 Å². The summed E-state index contributed by atoms with van der Waals surface area (Å²) in [5, 5.41) is 17.6. The first-order valence-electron chi connectivity index (χ1n) is 8.47. The molecule has 2 N–H and O–H groups in total. The number of methoxy groups -OCH3 is 2. The van der Waals surface area contributed by atoms with Crippen LogP contribution >= 0.6 is 0 Å². The number of nitrogens with zero attached hydrogens (tertiary/aromatic N) is 1. The fourth-order valence-electron chi connectivity index (χ4n) is 2.86. The summed E-state index contributed by atoms with van der Waals surface area (Å²) < 4.78 is 15.6. The molecule has 1 aromatic carbocycles. The molecule has 2 atom stereocenters. The molecule has 0 radical (unpaired) electrons. The lowest BCUT2D eigenvalue weighted by molar-refractivity contribution is -0.385. The fraction of sp³-hybridized carbons (Fsp3) is 0.588. The van der Waals surface area contributed by atoms with Crippen molar-refractivity contribution in [3.05, 3.63) is 27.8 Å². The molecule has 1 aliphatic heterocycles. The number of hydrogen-bond acceptors (Lipinski definition) is 7. The van der Waals surface area contributed by atoms with Crippen molar-refractivity contribution in [1.29, 1.82) is 0 Å². The van der Waals surface area contributed by atoms with E-state index in [1.54, 1.807) is 0 Å². The average molecular weight is 367 g/mol. The lowest BCUT2D eigenvalue weighted by atomic mass is 9.95. The molecule has 1 fully saturated rings. The van der Waals surface area contributed by atoms with E-state index in [-0.39, 0.29) is 41.3 Å². The van der Waals surface area contributed by atoms with E-state index in [4.69, 9.17) is 14.2 Å². The Morgan fingerprint density at radius 1 is 1.35 bits per heavy atom. The number of benzene rings is 1. The highest BCUT2D eigenvalue weighted by Gasteiger charge is 2.28. The van der Waals surface area contributed by atoms with Gasteiger partial charge in [-0.1, -0.05) is 6.92 Å². The summed E-state index contributed by atoms with van der Waals surface area (Å²) in [7, 11) is 2.94. The molecule has 0 saturated carbocycles. The van der Waals surface area contributed by atoms with E-state index in [1.807, 2.05) is 6.92 Å². The van der Waals surface area contributed by atoms with Crippen LogP contribution in [0.15, 0.2) is 12.1 Å². The van der Waals surface area contributed by atoms with Gasteiger partial charge in [-0.05, 0) is 25.4 Å². The van der Waals surface area contributed by atoms with Gasteiger partial charge in [-0.15, -0.1) is 0 Å². The predicted octanol–water partition coefficient (Wildman–Crippen LogP) is 1.36. The van der Waals surface area contributed by atoms with Crippen LogP contribution in [0, 0.1) is 16.0 Å². The maximum Gasteiger partial charge on any atom is 0.286 e. The van der Waals surface area contributed by atoms with Crippen molar-refractivity contribution in [2.75, 3.05) is 40.5 Å². The second-order valence-electron chi connectivity index (χ2n) is 6.17.